The lowest BCUT2D eigenvalue weighted by Crippen LogP contribution is -2.22. The third kappa shape index (κ3) is 3.20. The second-order valence-electron chi connectivity index (χ2n) is 4.10. The summed E-state index contributed by atoms with van der Waals surface area (Å²) in [5.41, 5.74) is 1.06. The highest BCUT2D eigenvalue weighted by Crippen LogP contribution is 2.15. The van der Waals surface area contributed by atoms with Crippen LogP contribution < -0.4 is 5.32 Å². The summed E-state index contributed by atoms with van der Waals surface area (Å²) in [5.74, 6) is 1.72. The summed E-state index contributed by atoms with van der Waals surface area (Å²) < 4.78 is 5.33. The molecule has 1 saturated heterocycles. The van der Waals surface area contributed by atoms with E-state index in [4.69, 9.17) is 4.74 Å². The minimum atomic E-state index is 0.737. The van der Waals surface area contributed by atoms with E-state index in [0.29, 0.717) is 0 Å². The van der Waals surface area contributed by atoms with Gasteiger partial charge >= 0.3 is 0 Å². The minimum absolute atomic E-state index is 0.737. The van der Waals surface area contributed by atoms with Crippen LogP contribution in [0.3, 0.4) is 0 Å². The molecule has 2 heterocycles. The van der Waals surface area contributed by atoms with Gasteiger partial charge in [-0.25, -0.2) is 4.98 Å². The molecule has 0 radical (unpaired) electrons. The first-order chi connectivity index (χ1) is 7.34. The average Bonchev–Trinajstić information content (AvgIpc) is 2.28. The van der Waals surface area contributed by atoms with E-state index in [1.54, 1.807) is 0 Å². The molecular weight excluding hydrogens is 188 g/mol. The summed E-state index contributed by atoms with van der Waals surface area (Å²) in [6.07, 6.45) is 2.33. The van der Waals surface area contributed by atoms with Gasteiger partial charge in [0.1, 0.15) is 5.82 Å². The van der Waals surface area contributed by atoms with Crippen molar-refractivity contribution >= 4 is 5.82 Å². The zero-order valence-corrected chi connectivity index (χ0v) is 9.20. The molecule has 82 valence electrons. The molecule has 0 unspecified atom stereocenters. The molecule has 0 amide bonds. The predicted octanol–water partition coefficient (Wildman–Crippen LogP) is 2.23. The highest BCUT2D eigenvalue weighted by molar-refractivity contribution is 5.34. The van der Waals surface area contributed by atoms with Gasteiger partial charge in [-0.1, -0.05) is 6.07 Å². The summed E-state index contributed by atoms with van der Waals surface area (Å²) in [5, 5.41) is 3.39. The SMILES string of the molecule is Cc1cccc(NCC2CCOCC2)n1. The fourth-order valence-corrected chi connectivity index (χ4v) is 1.84. The molecule has 0 saturated carbocycles. The van der Waals surface area contributed by atoms with Crippen molar-refractivity contribution in [2.75, 3.05) is 25.1 Å². The number of aromatic nitrogens is 1. The zero-order valence-electron chi connectivity index (χ0n) is 9.20. The Bertz CT molecular complexity index is 308. The molecule has 0 bridgehead atoms. The van der Waals surface area contributed by atoms with Crippen molar-refractivity contribution in [1.82, 2.24) is 4.98 Å². The van der Waals surface area contributed by atoms with Crippen molar-refractivity contribution < 1.29 is 4.74 Å². The number of anilines is 1. The van der Waals surface area contributed by atoms with Crippen LogP contribution in [0.4, 0.5) is 5.82 Å². The van der Waals surface area contributed by atoms with Gasteiger partial charge in [0.15, 0.2) is 0 Å². The highest BCUT2D eigenvalue weighted by atomic mass is 16.5. The molecule has 2 rings (SSSR count). The molecule has 0 atom stereocenters. The van der Waals surface area contributed by atoms with E-state index in [2.05, 4.69) is 10.3 Å². The summed E-state index contributed by atoms with van der Waals surface area (Å²) >= 11 is 0. The molecule has 1 fully saturated rings. The van der Waals surface area contributed by atoms with Gasteiger partial charge in [0.05, 0.1) is 0 Å². The largest absolute Gasteiger partial charge is 0.381 e. The Labute approximate surface area is 90.9 Å². The fourth-order valence-electron chi connectivity index (χ4n) is 1.84. The first kappa shape index (κ1) is 10.4. The maximum absolute atomic E-state index is 5.33. The monoisotopic (exact) mass is 206 g/mol. The van der Waals surface area contributed by atoms with Crippen LogP contribution in [0.2, 0.25) is 0 Å². The van der Waals surface area contributed by atoms with Gasteiger partial charge in [-0.15, -0.1) is 0 Å². The molecule has 1 aromatic heterocycles. The van der Waals surface area contributed by atoms with E-state index in [9.17, 15) is 0 Å². The second-order valence-corrected chi connectivity index (χ2v) is 4.10. The number of hydrogen-bond donors (Lipinski definition) is 1. The van der Waals surface area contributed by atoms with Crippen molar-refractivity contribution in [3.05, 3.63) is 23.9 Å². The maximum Gasteiger partial charge on any atom is 0.126 e. The minimum Gasteiger partial charge on any atom is -0.381 e. The molecule has 1 aliphatic rings. The lowest BCUT2D eigenvalue weighted by atomic mass is 10.0. The Kier molecular flexibility index (Phi) is 3.56. The number of hydrogen-bond acceptors (Lipinski definition) is 3. The van der Waals surface area contributed by atoms with Gasteiger partial charge in [-0.3, -0.25) is 0 Å². The van der Waals surface area contributed by atoms with Crippen molar-refractivity contribution in [2.45, 2.75) is 19.8 Å². The molecule has 0 aliphatic carbocycles. The first-order valence-electron chi connectivity index (χ1n) is 5.60. The standard InChI is InChI=1S/C12H18N2O/c1-10-3-2-4-12(14-10)13-9-11-5-7-15-8-6-11/h2-4,11H,5-9H2,1H3,(H,13,14). The van der Waals surface area contributed by atoms with Gasteiger partial charge in [0, 0.05) is 25.5 Å². The van der Waals surface area contributed by atoms with Gasteiger partial charge in [0.25, 0.3) is 0 Å². The topological polar surface area (TPSA) is 34.1 Å². The molecule has 1 aliphatic heterocycles. The number of nitrogens with one attached hydrogen (secondary N) is 1. The fraction of sp³-hybridized carbons (Fsp3) is 0.583. The van der Waals surface area contributed by atoms with E-state index >= 15 is 0 Å². The molecule has 0 aromatic carbocycles. The van der Waals surface area contributed by atoms with Crippen LogP contribution in [0.15, 0.2) is 18.2 Å². The van der Waals surface area contributed by atoms with Crippen LogP contribution in [-0.4, -0.2) is 24.7 Å². The average molecular weight is 206 g/mol. The third-order valence-corrected chi connectivity index (χ3v) is 2.80. The van der Waals surface area contributed by atoms with Crippen LogP contribution >= 0.6 is 0 Å². The Morgan fingerprint density at radius 1 is 1.40 bits per heavy atom. The molecule has 1 N–H and O–H groups in total. The van der Waals surface area contributed by atoms with Gasteiger partial charge in [-0.2, -0.15) is 0 Å². The number of aryl methyl sites for hydroxylation is 1. The summed E-state index contributed by atoms with van der Waals surface area (Å²) in [6, 6.07) is 6.07. The van der Waals surface area contributed by atoms with Crippen molar-refractivity contribution in [3.8, 4) is 0 Å². The van der Waals surface area contributed by atoms with Gasteiger partial charge in [0.2, 0.25) is 0 Å². The van der Waals surface area contributed by atoms with Gasteiger partial charge in [-0.05, 0) is 37.8 Å². The van der Waals surface area contributed by atoms with Crippen LogP contribution in [0.1, 0.15) is 18.5 Å². The first-order valence-corrected chi connectivity index (χ1v) is 5.60. The third-order valence-electron chi connectivity index (χ3n) is 2.80. The van der Waals surface area contributed by atoms with E-state index < -0.39 is 0 Å². The summed E-state index contributed by atoms with van der Waals surface area (Å²) in [4.78, 5) is 4.42. The van der Waals surface area contributed by atoms with Gasteiger partial charge < -0.3 is 10.1 Å². The summed E-state index contributed by atoms with van der Waals surface area (Å²) in [6.45, 7) is 4.85. The van der Waals surface area contributed by atoms with Crippen molar-refractivity contribution in [1.29, 1.82) is 0 Å². The number of nitrogens with zero attached hydrogens (tertiary/aromatic N) is 1. The van der Waals surface area contributed by atoms with E-state index in [1.807, 2.05) is 25.1 Å². The Balaban J connectivity index is 1.81. The Hall–Kier alpha value is -1.09. The number of ether oxygens (including phenoxy) is 1. The van der Waals surface area contributed by atoms with Crippen LogP contribution in [0.5, 0.6) is 0 Å². The predicted molar refractivity (Wildman–Crippen MR) is 61.0 cm³/mol. The Morgan fingerprint density at radius 2 is 2.20 bits per heavy atom. The van der Waals surface area contributed by atoms with E-state index in [1.165, 1.54) is 12.8 Å². The second kappa shape index (κ2) is 5.12. The normalized spacial score (nSPS) is 17.7. The van der Waals surface area contributed by atoms with Crippen molar-refractivity contribution in [3.63, 3.8) is 0 Å². The molecular formula is C12H18N2O. The lowest BCUT2D eigenvalue weighted by molar-refractivity contribution is 0.0699. The number of rotatable bonds is 3. The molecule has 1 aromatic rings. The smallest absolute Gasteiger partial charge is 0.126 e. The number of pyridine rings is 1. The van der Waals surface area contributed by atoms with E-state index in [0.717, 1.165) is 37.2 Å². The van der Waals surface area contributed by atoms with Crippen LogP contribution in [-0.2, 0) is 4.74 Å². The van der Waals surface area contributed by atoms with E-state index in [-0.39, 0.29) is 0 Å². The van der Waals surface area contributed by atoms with Crippen molar-refractivity contribution in [2.24, 2.45) is 5.92 Å². The quantitative estimate of drug-likeness (QED) is 0.823. The van der Waals surface area contributed by atoms with Crippen LogP contribution in [0, 0.1) is 12.8 Å². The molecule has 0 spiro atoms. The maximum atomic E-state index is 5.33. The highest BCUT2D eigenvalue weighted by Gasteiger charge is 2.13. The molecule has 3 nitrogen and oxygen atoms in total. The lowest BCUT2D eigenvalue weighted by Gasteiger charge is -2.22. The molecule has 15 heavy (non-hydrogen) atoms. The van der Waals surface area contributed by atoms with Crippen LogP contribution in [0.25, 0.3) is 0 Å². The zero-order chi connectivity index (χ0) is 10.5. The Morgan fingerprint density at radius 3 is 2.93 bits per heavy atom. The molecule has 3 heteroatoms. The summed E-state index contributed by atoms with van der Waals surface area (Å²) in [7, 11) is 0.